The van der Waals surface area contributed by atoms with Gasteiger partial charge in [-0.2, -0.15) is 0 Å². The highest BCUT2D eigenvalue weighted by Gasteiger charge is 2.29. The van der Waals surface area contributed by atoms with E-state index in [0.29, 0.717) is 18.7 Å². The lowest BCUT2D eigenvalue weighted by Gasteiger charge is -2.31. The summed E-state index contributed by atoms with van der Waals surface area (Å²) < 4.78 is 5.43. The summed E-state index contributed by atoms with van der Waals surface area (Å²) in [6.07, 6.45) is 1.02. The summed E-state index contributed by atoms with van der Waals surface area (Å²) in [7, 11) is 0. The number of hydrogen-bond donors (Lipinski definition) is 1. The molecule has 1 atom stereocenters. The number of aliphatic carboxylic acids is 1. The van der Waals surface area contributed by atoms with Crippen LogP contribution < -0.4 is 0 Å². The molecule has 8 heteroatoms. The third-order valence-corrected chi connectivity index (χ3v) is 2.49. The molecular weight excluding hydrogens is 278 g/mol. The summed E-state index contributed by atoms with van der Waals surface area (Å²) in [4.78, 5) is 27.6. The molecule has 0 fully saturated rings. The second-order valence-corrected chi connectivity index (χ2v) is 5.50. The number of aromatic nitrogens is 2. The van der Waals surface area contributed by atoms with Gasteiger partial charge in [0.05, 0.1) is 5.60 Å². The van der Waals surface area contributed by atoms with E-state index in [0.717, 1.165) is 5.06 Å². The van der Waals surface area contributed by atoms with E-state index in [1.54, 1.807) is 20.8 Å². The van der Waals surface area contributed by atoms with Crippen molar-refractivity contribution >= 4 is 12.4 Å². The van der Waals surface area contributed by atoms with Crippen molar-refractivity contribution in [3.63, 3.8) is 0 Å². The molecule has 1 rings (SSSR count). The van der Waals surface area contributed by atoms with Crippen molar-refractivity contribution < 1.29 is 24.0 Å². The van der Waals surface area contributed by atoms with Gasteiger partial charge in [0.2, 0.25) is 18.2 Å². The minimum absolute atomic E-state index is 0.121. The highest BCUT2D eigenvalue weighted by molar-refractivity contribution is 5.66. The molecule has 0 spiro atoms. The predicted octanol–water partition coefficient (Wildman–Crippen LogP) is 1.73. The van der Waals surface area contributed by atoms with E-state index in [-0.39, 0.29) is 18.7 Å². The maximum absolute atomic E-state index is 11.3. The minimum atomic E-state index is -0.975. The molecule has 0 bridgehead atoms. The van der Waals surface area contributed by atoms with Gasteiger partial charge in [0.25, 0.3) is 0 Å². The highest BCUT2D eigenvalue weighted by Crippen LogP contribution is 2.26. The van der Waals surface area contributed by atoms with E-state index in [2.05, 4.69) is 10.2 Å². The molecule has 118 valence electrons. The summed E-state index contributed by atoms with van der Waals surface area (Å²) in [5.74, 6) is -0.381. The third kappa shape index (κ3) is 5.50. The zero-order valence-electron chi connectivity index (χ0n) is 12.7. The summed E-state index contributed by atoms with van der Waals surface area (Å²) in [6.45, 7) is 7.20. The zero-order chi connectivity index (χ0) is 16.0. The first kappa shape index (κ1) is 17.1. The first-order valence-electron chi connectivity index (χ1n) is 6.73. The molecule has 21 heavy (non-hydrogen) atoms. The smallest absolute Gasteiger partial charge is 0.303 e. The van der Waals surface area contributed by atoms with Crippen molar-refractivity contribution in [3.05, 3.63) is 11.8 Å². The van der Waals surface area contributed by atoms with Gasteiger partial charge in [-0.25, -0.2) is 5.06 Å². The lowest BCUT2D eigenvalue weighted by molar-refractivity contribution is -0.237. The SMILES string of the molecule is CCc1nnc([C@H](CCC(=O)O)N(C=O)OC(C)(C)C)o1. The van der Waals surface area contributed by atoms with Crippen LogP contribution >= 0.6 is 0 Å². The van der Waals surface area contributed by atoms with Gasteiger partial charge in [-0.1, -0.05) is 6.92 Å². The second-order valence-electron chi connectivity index (χ2n) is 5.50. The zero-order valence-corrected chi connectivity index (χ0v) is 12.7. The standard InChI is InChI=1S/C13H21N3O5/c1-5-10-14-15-12(20-10)9(6-7-11(18)19)16(8-17)21-13(2,3)4/h8-9H,5-7H2,1-4H3,(H,18,19)/t9-/m0/s1. The summed E-state index contributed by atoms with van der Waals surface area (Å²) in [5, 5.41) is 17.6. The Morgan fingerprint density at radius 2 is 2.14 bits per heavy atom. The average molecular weight is 299 g/mol. The Labute approximate surface area is 123 Å². The van der Waals surface area contributed by atoms with E-state index >= 15 is 0 Å². The summed E-state index contributed by atoms with van der Waals surface area (Å²) in [6, 6.07) is -0.731. The number of carbonyl (C=O) groups is 2. The van der Waals surface area contributed by atoms with Gasteiger partial charge >= 0.3 is 5.97 Å². The summed E-state index contributed by atoms with van der Waals surface area (Å²) >= 11 is 0. The molecule has 0 aliphatic rings. The van der Waals surface area contributed by atoms with Crippen molar-refractivity contribution in [1.82, 2.24) is 15.3 Å². The number of carboxylic acid groups (broad SMARTS) is 1. The highest BCUT2D eigenvalue weighted by atomic mass is 16.7. The van der Waals surface area contributed by atoms with Gasteiger partial charge < -0.3 is 9.52 Å². The quantitative estimate of drug-likeness (QED) is 0.575. The Morgan fingerprint density at radius 3 is 2.57 bits per heavy atom. The van der Waals surface area contributed by atoms with Crippen LogP contribution in [0.5, 0.6) is 0 Å². The molecule has 1 N–H and O–H groups in total. The van der Waals surface area contributed by atoms with Gasteiger partial charge in [0.1, 0.15) is 6.04 Å². The lowest BCUT2D eigenvalue weighted by Crippen LogP contribution is -2.36. The topological polar surface area (TPSA) is 106 Å². The first-order valence-corrected chi connectivity index (χ1v) is 6.73. The van der Waals surface area contributed by atoms with Crippen LogP contribution in [-0.4, -0.2) is 38.3 Å². The van der Waals surface area contributed by atoms with E-state index in [4.69, 9.17) is 14.4 Å². The number of carbonyl (C=O) groups excluding carboxylic acids is 1. The molecule has 0 aromatic carbocycles. The van der Waals surface area contributed by atoms with Crippen molar-refractivity contribution in [1.29, 1.82) is 0 Å². The molecule has 0 saturated heterocycles. The number of hydroxylamine groups is 2. The van der Waals surface area contributed by atoms with Crippen molar-refractivity contribution in [2.24, 2.45) is 0 Å². The monoisotopic (exact) mass is 299 g/mol. The molecule has 1 amide bonds. The largest absolute Gasteiger partial charge is 0.481 e. The fourth-order valence-electron chi connectivity index (χ4n) is 1.64. The van der Waals surface area contributed by atoms with Crippen molar-refractivity contribution in [2.75, 3.05) is 0 Å². The molecule has 0 unspecified atom stereocenters. The molecule has 1 aromatic rings. The fraction of sp³-hybridized carbons (Fsp3) is 0.692. The second kappa shape index (κ2) is 7.16. The molecule has 0 saturated carbocycles. The lowest BCUT2D eigenvalue weighted by atomic mass is 10.1. The van der Waals surface area contributed by atoms with Gasteiger partial charge in [-0.05, 0) is 27.2 Å². The Hall–Kier alpha value is -1.96. The number of aryl methyl sites for hydroxylation is 1. The van der Waals surface area contributed by atoms with Crippen LogP contribution in [0.15, 0.2) is 4.42 Å². The van der Waals surface area contributed by atoms with Crippen LogP contribution in [-0.2, 0) is 20.8 Å². The molecule has 1 aromatic heterocycles. The third-order valence-electron chi connectivity index (χ3n) is 2.49. The molecule has 0 radical (unpaired) electrons. The van der Waals surface area contributed by atoms with Crippen molar-refractivity contribution in [3.8, 4) is 0 Å². The molecule has 0 aliphatic heterocycles. The van der Waals surface area contributed by atoms with Crippen molar-refractivity contribution in [2.45, 2.75) is 58.6 Å². The minimum Gasteiger partial charge on any atom is -0.481 e. The number of nitrogens with zero attached hydrogens (tertiary/aromatic N) is 3. The molecule has 0 aliphatic carbocycles. The summed E-state index contributed by atoms with van der Waals surface area (Å²) in [5.41, 5.74) is -0.615. The molecular formula is C13H21N3O5. The number of amides is 1. The van der Waals surface area contributed by atoms with Crippen LogP contribution in [0.4, 0.5) is 0 Å². The van der Waals surface area contributed by atoms with Gasteiger partial charge in [0, 0.05) is 12.8 Å². The maximum atomic E-state index is 11.3. The van der Waals surface area contributed by atoms with Crippen LogP contribution in [0, 0.1) is 0 Å². The van der Waals surface area contributed by atoms with Gasteiger partial charge in [-0.3, -0.25) is 14.4 Å². The van der Waals surface area contributed by atoms with Crippen LogP contribution in [0.3, 0.4) is 0 Å². The first-order chi connectivity index (χ1) is 9.76. The van der Waals surface area contributed by atoms with Gasteiger partial charge in [-0.15, -0.1) is 10.2 Å². The molecule has 1 heterocycles. The van der Waals surface area contributed by atoms with E-state index in [1.807, 2.05) is 6.92 Å². The van der Waals surface area contributed by atoms with Gasteiger partial charge in [0.15, 0.2) is 0 Å². The van der Waals surface area contributed by atoms with E-state index in [9.17, 15) is 9.59 Å². The van der Waals surface area contributed by atoms with E-state index in [1.165, 1.54) is 0 Å². The Morgan fingerprint density at radius 1 is 1.48 bits per heavy atom. The Balaban J connectivity index is 2.98. The fourth-order valence-corrected chi connectivity index (χ4v) is 1.64. The number of rotatable bonds is 8. The Kier molecular flexibility index (Phi) is 5.83. The van der Waals surface area contributed by atoms with E-state index < -0.39 is 17.6 Å². The van der Waals surface area contributed by atoms with Crippen LogP contribution in [0.1, 0.15) is 58.4 Å². The predicted molar refractivity (Wildman–Crippen MR) is 72.0 cm³/mol. The van der Waals surface area contributed by atoms with Crippen LogP contribution in [0.2, 0.25) is 0 Å². The Bertz CT molecular complexity index is 480. The van der Waals surface area contributed by atoms with Crippen LogP contribution in [0.25, 0.3) is 0 Å². The normalized spacial score (nSPS) is 13.0. The maximum Gasteiger partial charge on any atom is 0.303 e. The molecule has 8 nitrogen and oxygen atoms in total. The number of hydrogen-bond acceptors (Lipinski definition) is 6. The number of carboxylic acids is 1. The average Bonchev–Trinajstić information content (AvgIpc) is 2.84.